The fraction of sp³-hybridized carbons (Fsp3) is 0.105. The van der Waals surface area contributed by atoms with Crippen molar-refractivity contribution < 1.29 is 9.59 Å². The van der Waals surface area contributed by atoms with Crippen LogP contribution in [0, 0.1) is 0 Å². The molecule has 1 atom stereocenters. The number of nitrogens with one attached hydrogen (secondary N) is 3. The maximum Gasteiger partial charge on any atom is 0.271 e. The van der Waals surface area contributed by atoms with Gasteiger partial charge in [-0.3, -0.25) is 19.4 Å². The number of nitrogens with zero attached hydrogens (tertiary/aromatic N) is 2. The van der Waals surface area contributed by atoms with Gasteiger partial charge in [0.25, 0.3) is 17.4 Å². The maximum atomic E-state index is 12.2. The summed E-state index contributed by atoms with van der Waals surface area (Å²) in [5.41, 5.74) is 7.69. The molecular weight excluding hydrogens is 360 g/mol. The second-order valence-corrected chi connectivity index (χ2v) is 5.93. The molecule has 0 aliphatic rings. The number of carbonyl (C=O) groups excluding carboxylic acids is 2. The molecule has 0 bridgehead atoms. The van der Waals surface area contributed by atoms with E-state index in [9.17, 15) is 14.4 Å². The number of H-pyrrole nitrogens is 1. The predicted octanol–water partition coefficient (Wildman–Crippen LogP) is 0.847. The van der Waals surface area contributed by atoms with Crippen molar-refractivity contribution in [2.24, 2.45) is 5.73 Å². The molecule has 2 heterocycles. The number of nitrogens with two attached hydrogens (primary N) is 1. The second-order valence-electron chi connectivity index (χ2n) is 5.93. The highest BCUT2D eigenvalue weighted by molar-refractivity contribution is 6.04. The number of anilines is 1. The first-order valence-corrected chi connectivity index (χ1v) is 8.44. The van der Waals surface area contributed by atoms with E-state index in [0.29, 0.717) is 11.3 Å². The van der Waals surface area contributed by atoms with Gasteiger partial charge in [-0.25, -0.2) is 5.10 Å². The number of hydrogen-bond donors (Lipinski definition) is 4. The molecule has 5 N–H and O–H groups in total. The molecule has 1 unspecified atom stereocenters. The number of aromatic amines is 1. The SMILES string of the molecule is NC(CNC(=O)c1ccc(=O)[nH]n1)c1ccc(C(=O)Nc2ccncc2)cc1. The minimum atomic E-state index is -0.468. The van der Waals surface area contributed by atoms with E-state index in [1.165, 1.54) is 12.1 Å². The van der Waals surface area contributed by atoms with Crippen LogP contribution in [0.5, 0.6) is 0 Å². The Morgan fingerprint density at radius 2 is 1.71 bits per heavy atom. The predicted molar refractivity (Wildman–Crippen MR) is 103 cm³/mol. The summed E-state index contributed by atoms with van der Waals surface area (Å²) in [4.78, 5) is 39.1. The number of rotatable bonds is 6. The quantitative estimate of drug-likeness (QED) is 0.501. The number of aromatic nitrogens is 3. The van der Waals surface area contributed by atoms with Gasteiger partial charge in [0.2, 0.25) is 0 Å². The lowest BCUT2D eigenvalue weighted by Crippen LogP contribution is -2.32. The van der Waals surface area contributed by atoms with Crippen LogP contribution in [0.4, 0.5) is 5.69 Å². The molecule has 0 aliphatic heterocycles. The number of carbonyl (C=O) groups is 2. The zero-order chi connectivity index (χ0) is 19.9. The Balaban J connectivity index is 1.56. The monoisotopic (exact) mass is 378 g/mol. The van der Waals surface area contributed by atoms with Gasteiger partial charge in [-0.2, -0.15) is 5.10 Å². The minimum Gasteiger partial charge on any atom is -0.349 e. The van der Waals surface area contributed by atoms with Crippen molar-refractivity contribution in [2.45, 2.75) is 6.04 Å². The van der Waals surface area contributed by atoms with Gasteiger partial charge in [0.05, 0.1) is 0 Å². The zero-order valence-corrected chi connectivity index (χ0v) is 14.8. The first kappa shape index (κ1) is 18.9. The number of hydrogen-bond acceptors (Lipinski definition) is 6. The highest BCUT2D eigenvalue weighted by Gasteiger charge is 2.12. The molecule has 142 valence electrons. The summed E-state index contributed by atoms with van der Waals surface area (Å²) >= 11 is 0. The van der Waals surface area contributed by atoms with Gasteiger partial charge in [-0.15, -0.1) is 0 Å². The van der Waals surface area contributed by atoms with E-state index < -0.39 is 11.9 Å². The maximum absolute atomic E-state index is 12.2. The van der Waals surface area contributed by atoms with Crippen LogP contribution in [0.3, 0.4) is 0 Å². The van der Waals surface area contributed by atoms with Gasteiger partial charge in [-0.05, 0) is 35.9 Å². The third kappa shape index (κ3) is 4.86. The van der Waals surface area contributed by atoms with Gasteiger partial charge in [0, 0.05) is 42.3 Å². The summed E-state index contributed by atoms with van der Waals surface area (Å²) in [5, 5.41) is 11.3. The average Bonchev–Trinajstić information content (AvgIpc) is 2.73. The number of pyridine rings is 1. The van der Waals surface area contributed by atoms with Crippen LogP contribution in [-0.2, 0) is 0 Å². The lowest BCUT2D eigenvalue weighted by Gasteiger charge is -2.13. The molecule has 2 amide bonds. The molecule has 0 saturated carbocycles. The Labute approximate surface area is 160 Å². The third-order valence-corrected chi connectivity index (χ3v) is 3.93. The minimum absolute atomic E-state index is 0.0925. The van der Waals surface area contributed by atoms with Crippen molar-refractivity contribution in [1.29, 1.82) is 0 Å². The van der Waals surface area contributed by atoms with Crippen molar-refractivity contribution in [3.05, 3.63) is 88.1 Å². The van der Waals surface area contributed by atoms with E-state index in [1.807, 2.05) is 0 Å². The highest BCUT2D eigenvalue weighted by Crippen LogP contribution is 2.13. The lowest BCUT2D eigenvalue weighted by molar-refractivity contribution is 0.0944. The van der Waals surface area contributed by atoms with Gasteiger partial charge in [0.15, 0.2) is 0 Å². The summed E-state index contributed by atoms with van der Waals surface area (Å²) in [6, 6.07) is 12.3. The fourth-order valence-corrected chi connectivity index (χ4v) is 2.40. The Bertz CT molecular complexity index is 997. The van der Waals surface area contributed by atoms with Crippen LogP contribution in [0.25, 0.3) is 0 Å². The summed E-state index contributed by atoms with van der Waals surface area (Å²) in [6.07, 6.45) is 3.18. The molecule has 0 fully saturated rings. The molecule has 28 heavy (non-hydrogen) atoms. The molecule has 9 nitrogen and oxygen atoms in total. The largest absolute Gasteiger partial charge is 0.349 e. The van der Waals surface area contributed by atoms with Crippen LogP contribution in [0.2, 0.25) is 0 Å². The first-order valence-electron chi connectivity index (χ1n) is 8.44. The lowest BCUT2D eigenvalue weighted by atomic mass is 10.0. The average molecular weight is 378 g/mol. The molecule has 9 heteroatoms. The van der Waals surface area contributed by atoms with Crippen LogP contribution in [0.1, 0.15) is 32.5 Å². The van der Waals surface area contributed by atoms with E-state index >= 15 is 0 Å². The van der Waals surface area contributed by atoms with E-state index in [0.717, 1.165) is 5.56 Å². The highest BCUT2D eigenvalue weighted by atomic mass is 16.2. The Kier molecular flexibility index (Phi) is 5.87. The van der Waals surface area contributed by atoms with Crippen molar-refractivity contribution in [3.63, 3.8) is 0 Å². The van der Waals surface area contributed by atoms with Gasteiger partial charge < -0.3 is 16.4 Å². The third-order valence-electron chi connectivity index (χ3n) is 3.93. The van der Waals surface area contributed by atoms with E-state index in [-0.39, 0.29) is 23.7 Å². The zero-order valence-electron chi connectivity index (χ0n) is 14.8. The second kappa shape index (κ2) is 8.69. The number of benzene rings is 1. The van der Waals surface area contributed by atoms with Gasteiger partial charge in [0.1, 0.15) is 5.69 Å². The summed E-state index contributed by atoms with van der Waals surface area (Å²) in [7, 11) is 0. The summed E-state index contributed by atoms with van der Waals surface area (Å²) in [6.45, 7) is 0.169. The van der Waals surface area contributed by atoms with Crippen molar-refractivity contribution in [3.8, 4) is 0 Å². The van der Waals surface area contributed by atoms with Gasteiger partial charge >= 0.3 is 0 Å². The van der Waals surface area contributed by atoms with Crippen LogP contribution in [0.15, 0.2) is 65.7 Å². The molecule has 2 aromatic heterocycles. The standard InChI is InChI=1S/C19H18N6O3/c20-15(11-22-19(28)16-5-6-17(26)25-24-16)12-1-3-13(4-2-12)18(27)23-14-7-9-21-10-8-14/h1-10,15H,11,20H2,(H,22,28)(H,25,26)(H,21,23,27). The molecular formula is C19H18N6O3. The normalized spacial score (nSPS) is 11.5. The molecule has 0 aliphatic carbocycles. The molecule has 1 aromatic carbocycles. The molecule has 3 aromatic rings. The van der Waals surface area contributed by atoms with E-state index in [2.05, 4.69) is 25.8 Å². The summed E-state index contributed by atoms with van der Waals surface area (Å²) < 4.78 is 0. The van der Waals surface area contributed by atoms with Crippen molar-refractivity contribution in [1.82, 2.24) is 20.5 Å². The summed E-state index contributed by atoms with van der Waals surface area (Å²) in [5.74, 6) is -0.691. The van der Waals surface area contributed by atoms with Gasteiger partial charge in [-0.1, -0.05) is 12.1 Å². The Hall–Kier alpha value is -3.85. The number of amides is 2. The molecule has 0 saturated heterocycles. The topological polar surface area (TPSA) is 143 Å². The first-order chi connectivity index (χ1) is 13.5. The molecule has 0 radical (unpaired) electrons. The van der Waals surface area contributed by atoms with E-state index in [1.54, 1.807) is 48.8 Å². The molecule has 0 spiro atoms. The fourth-order valence-electron chi connectivity index (χ4n) is 2.40. The Morgan fingerprint density at radius 1 is 1.00 bits per heavy atom. The smallest absolute Gasteiger partial charge is 0.271 e. The van der Waals surface area contributed by atoms with E-state index in [4.69, 9.17) is 5.73 Å². The van der Waals surface area contributed by atoms with Crippen LogP contribution < -0.4 is 21.9 Å². The van der Waals surface area contributed by atoms with Crippen LogP contribution >= 0.6 is 0 Å². The van der Waals surface area contributed by atoms with Crippen molar-refractivity contribution >= 4 is 17.5 Å². The molecule has 3 rings (SSSR count). The Morgan fingerprint density at radius 3 is 2.36 bits per heavy atom. The van der Waals surface area contributed by atoms with Crippen molar-refractivity contribution in [2.75, 3.05) is 11.9 Å². The van der Waals surface area contributed by atoms with Crippen LogP contribution in [-0.4, -0.2) is 33.5 Å².